The fourth-order valence-electron chi connectivity index (χ4n) is 7.91. The topological polar surface area (TPSA) is 49.9 Å². The molecule has 33 heavy (non-hydrogen) atoms. The molecule has 1 amide bonds. The number of amides is 1. The lowest BCUT2D eigenvalue weighted by Crippen LogP contribution is -2.47. The third kappa shape index (κ3) is 4.99. The molecule has 1 saturated heterocycles. The van der Waals surface area contributed by atoms with E-state index in [1.54, 1.807) is 12.1 Å². The quantitative estimate of drug-likeness (QED) is 0.553. The van der Waals surface area contributed by atoms with Gasteiger partial charge in [-0.2, -0.15) is 0 Å². The van der Waals surface area contributed by atoms with E-state index < -0.39 is 0 Å². The summed E-state index contributed by atoms with van der Waals surface area (Å²) in [5.41, 5.74) is 2.24. The van der Waals surface area contributed by atoms with E-state index >= 15 is 0 Å². The van der Waals surface area contributed by atoms with Gasteiger partial charge in [0.1, 0.15) is 0 Å². The van der Waals surface area contributed by atoms with Crippen molar-refractivity contribution in [2.24, 2.45) is 23.2 Å². The van der Waals surface area contributed by atoms with Crippen LogP contribution in [0.1, 0.15) is 80.1 Å². The summed E-state index contributed by atoms with van der Waals surface area (Å²) < 4.78 is 4.77. The molecule has 6 rings (SSSR count). The van der Waals surface area contributed by atoms with Gasteiger partial charge < -0.3 is 14.5 Å². The summed E-state index contributed by atoms with van der Waals surface area (Å²) in [4.78, 5) is 29.1. The Balaban J connectivity index is 1.13. The SMILES string of the molecule is COC(=O)c1ccc(CN2CCC(N(C)CCC34CC5CC(CC(C5)C3)C4)CCC2=O)cc1. The monoisotopic (exact) mass is 452 g/mol. The summed E-state index contributed by atoms with van der Waals surface area (Å²) in [6.45, 7) is 2.61. The van der Waals surface area contributed by atoms with Crippen LogP contribution in [0.25, 0.3) is 0 Å². The van der Waals surface area contributed by atoms with Crippen molar-refractivity contribution in [2.45, 2.75) is 76.8 Å². The number of rotatable bonds is 7. The van der Waals surface area contributed by atoms with E-state index in [0.29, 0.717) is 30.0 Å². The zero-order valence-corrected chi connectivity index (χ0v) is 20.4. The van der Waals surface area contributed by atoms with Gasteiger partial charge in [0.25, 0.3) is 0 Å². The summed E-state index contributed by atoms with van der Waals surface area (Å²) >= 11 is 0. The number of carbonyl (C=O) groups excluding carboxylic acids is 2. The van der Waals surface area contributed by atoms with Crippen molar-refractivity contribution in [3.8, 4) is 0 Å². The van der Waals surface area contributed by atoms with Crippen LogP contribution in [0.3, 0.4) is 0 Å². The van der Waals surface area contributed by atoms with Crippen LogP contribution in [-0.4, -0.2) is 55.0 Å². The van der Waals surface area contributed by atoms with Crippen molar-refractivity contribution in [3.05, 3.63) is 35.4 Å². The summed E-state index contributed by atoms with van der Waals surface area (Å²) in [6.07, 6.45) is 13.0. The van der Waals surface area contributed by atoms with Gasteiger partial charge >= 0.3 is 5.97 Å². The van der Waals surface area contributed by atoms with Gasteiger partial charge in [0, 0.05) is 25.6 Å². The van der Waals surface area contributed by atoms with E-state index in [0.717, 1.165) is 42.7 Å². The van der Waals surface area contributed by atoms with Gasteiger partial charge in [-0.3, -0.25) is 4.79 Å². The maximum atomic E-state index is 12.8. The summed E-state index contributed by atoms with van der Waals surface area (Å²) in [7, 11) is 3.68. The summed E-state index contributed by atoms with van der Waals surface area (Å²) in [5.74, 6) is 2.99. The molecular formula is C28H40N2O3. The lowest BCUT2D eigenvalue weighted by atomic mass is 9.49. The molecule has 1 atom stereocenters. The van der Waals surface area contributed by atoms with Gasteiger partial charge in [0.2, 0.25) is 5.91 Å². The number of nitrogens with zero attached hydrogens (tertiary/aromatic N) is 2. The smallest absolute Gasteiger partial charge is 0.337 e. The molecule has 180 valence electrons. The minimum atomic E-state index is -0.327. The lowest BCUT2D eigenvalue weighted by Gasteiger charge is -2.57. The minimum Gasteiger partial charge on any atom is -0.465 e. The Bertz CT molecular complexity index is 829. The number of hydrogen-bond donors (Lipinski definition) is 0. The van der Waals surface area contributed by atoms with Gasteiger partial charge in [-0.25, -0.2) is 4.79 Å². The van der Waals surface area contributed by atoms with Crippen LogP contribution in [0.2, 0.25) is 0 Å². The second-order valence-electron chi connectivity index (χ2n) is 11.6. The molecule has 1 heterocycles. The number of likely N-dealkylation sites (tertiary alicyclic amines) is 1. The van der Waals surface area contributed by atoms with E-state index in [4.69, 9.17) is 4.74 Å². The largest absolute Gasteiger partial charge is 0.465 e. The molecule has 0 N–H and O–H groups in total. The van der Waals surface area contributed by atoms with Crippen molar-refractivity contribution in [2.75, 3.05) is 27.2 Å². The number of ether oxygens (including phenoxy) is 1. The van der Waals surface area contributed by atoms with Crippen molar-refractivity contribution < 1.29 is 14.3 Å². The van der Waals surface area contributed by atoms with E-state index in [1.165, 1.54) is 58.6 Å². The molecular weight excluding hydrogens is 412 g/mol. The molecule has 4 aliphatic carbocycles. The maximum absolute atomic E-state index is 12.8. The Morgan fingerprint density at radius 2 is 1.70 bits per heavy atom. The van der Waals surface area contributed by atoms with Gasteiger partial charge in [0.15, 0.2) is 0 Å². The van der Waals surface area contributed by atoms with Crippen LogP contribution in [0.4, 0.5) is 0 Å². The van der Waals surface area contributed by atoms with Gasteiger partial charge in [-0.05, 0) is 112 Å². The summed E-state index contributed by atoms with van der Waals surface area (Å²) in [6, 6.07) is 7.92. The molecule has 4 bridgehead atoms. The van der Waals surface area contributed by atoms with Crippen LogP contribution in [0, 0.1) is 23.2 Å². The first-order valence-electron chi connectivity index (χ1n) is 13.1. The number of hydrogen-bond acceptors (Lipinski definition) is 4. The lowest BCUT2D eigenvalue weighted by molar-refractivity contribution is -0.131. The Morgan fingerprint density at radius 1 is 1.06 bits per heavy atom. The predicted octanol–water partition coefficient (Wildman–Crippen LogP) is 4.89. The predicted molar refractivity (Wildman–Crippen MR) is 129 cm³/mol. The highest BCUT2D eigenvalue weighted by atomic mass is 16.5. The Kier molecular flexibility index (Phi) is 6.52. The van der Waals surface area contributed by atoms with E-state index in [9.17, 15) is 9.59 Å². The molecule has 0 spiro atoms. The number of benzene rings is 1. The molecule has 1 aliphatic heterocycles. The molecule has 5 heteroatoms. The maximum Gasteiger partial charge on any atom is 0.337 e. The van der Waals surface area contributed by atoms with Crippen LogP contribution in [0.5, 0.6) is 0 Å². The van der Waals surface area contributed by atoms with Crippen molar-refractivity contribution in [1.29, 1.82) is 0 Å². The zero-order chi connectivity index (χ0) is 23.0. The number of methoxy groups -OCH3 is 1. The normalized spacial score (nSPS) is 33.4. The molecule has 4 saturated carbocycles. The van der Waals surface area contributed by atoms with E-state index in [1.807, 2.05) is 17.0 Å². The molecule has 5 nitrogen and oxygen atoms in total. The van der Waals surface area contributed by atoms with Crippen molar-refractivity contribution in [1.82, 2.24) is 9.80 Å². The fourth-order valence-corrected chi connectivity index (χ4v) is 7.91. The Hall–Kier alpha value is -1.88. The fraction of sp³-hybridized carbons (Fsp3) is 0.714. The van der Waals surface area contributed by atoms with Crippen LogP contribution in [0.15, 0.2) is 24.3 Å². The second-order valence-corrected chi connectivity index (χ2v) is 11.6. The van der Waals surface area contributed by atoms with Gasteiger partial charge in [0.05, 0.1) is 12.7 Å². The zero-order valence-electron chi connectivity index (χ0n) is 20.4. The average molecular weight is 453 g/mol. The average Bonchev–Trinajstić information content (AvgIpc) is 2.98. The summed E-state index contributed by atoms with van der Waals surface area (Å²) in [5, 5.41) is 0. The highest BCUT2D eigenvalue weighted by Crippen LogP contribution is 2.61. The van der Waals surface area contributed by atoms with Crippen LogP contribution < -0.4 is 0 Å². The minimum absolute atomic E-state index is 0.254. The second kappa shape index (κ2) is 9.40. The standard InChI is InChI=1S/C28H40N2O3/c1-29(12-10-28-16-21-13-22(17-28)15-23(14-21)18-28)25-7-8-26(31)30(11-9-25)19-20-3-5-24(6-4-20)27(32)33-2/h3-6,21-23,25H,7-19H2,1-2H3. The molecule has 1 unspecified atom stereocenters. The third-order valence-electron chi connectivity index (χ3n) is 9.31. The number of carbonyl (C=O) groups is 2. The highest BCUT2D eigenvalue weighted by Gasteiger charge is 2.50. The number of esters is 1. The van der Waals surface area contributed by atoms with E-state index in [2.05, 4.69) is 11.9 Å². The first-order chi connectivity index (χ1) is 15.9. The third-order valence-corrected chi connectivity index (χ3v) is 9.31. The van der Waals surface area contributed by atoms with Crippen LogP contribution >= 0.6 is 0 Å². The first-order valence-corrected chi connectivity index (χ1v) is 13.1. The van der Waals surface area contributed by atoms with Gasteiger partial charge in [-0.15, -0.1) is 0 Å². The Labute approximate surface area is 198 Å². The molecule has 0 radical (unpaired) electrons. The Morgan fingerprint density at radius 3 is 2.30 bits per heavy atom. The molecule has 1 aromatic carbocycles. The highest BCUT2D eigenvalue weighted by molar-refractivity contribution is 5.89. The van der Waals surface area contributed by atoms with Crippen molar-refractivity contribution in [3.63, 3.8) is 0 Å². The molecule has 5 fully saturated rings. The molecule has 0 aromatic heterocycles. The van der Waals surface area contributed by atoms with E-state index in [-0.39, 0.29) is 11.9 Å². The first kappa shape index (κ1) is 22.9. The molecule has 5 aliphatic rings. The van der Waals surface area contributed by atoms with Crippen molar-refractivity contribution >= 4 is 11.9 Å². The molecule has 1 aromatic rings. The van der Waals surface area contributed by atoms with Crippen LogP contribution in [-0.2, 0) is 16.1 Å². The van der Waals surface area contributed by atoms with Gasteiger partial charge in [-0.1, -0.05) is 12.1 Å².